The van der Waals surface area contributed by atoms with Crippen molar-refractivity contribution in [1.29, 1.82) is 0 Å². The summed E-state index contributed by atoms with van der Waals surface area (Å²) in [5.41, 5.74) is 1.18. The highest BCUT2D eigenvalue weighted by Crippen LogP contribution is 2.24. The lowest BCUT2D eigenvalue weighted by atomic mass is 10.1. The quantitative estimate of drug-likeness (QED) is 0.590. The van der Waals surface area contributed by atoms with Gasteiger partial charge in [0.1, 0.15) is 0 Å². The number of rotatable bonds is 1. The predicted octanol–water partition coefficient (Wildman–Crippen LogP) is 2.50. The van der Waals surface area contributed by atoms with Crippen LogP contribution in [-0.2, 0) is 4.74 Å². The summed E-state index contributed by atoms with van der Waals surface area (Å²) < 4.78 is 5.28. The van der Waals surface area contributed by atoms with E-state index in [4.69, 9.17) is 4.74 Å². The molecule has 2 rings (SSSR count). The molecule has 11 heavy (non-hydrogen) atoms. The molecule has 0 unspecified atom stereocenters. The zero-order valence-corrected chi connectivity index (χ0v) is 6.16. The van der Waals surface area contributed by atoms with Crippen molar-refractivity contribution in [2.75, 3.05) is 0 Å². The Balaban J connectivity index is 2.17. The average Bonchev–Trinajstić information content (AvgIpc) is 2.58. The molecule has 1 heterocycles. The van der Waals surface area contributed by atoms with E-state index in [2.05, 4.69) is 12.1 Å². The third kappa shape index (κ3) is 1.27. The maximum Gasteiger partial charge on any atom is 0.180 e. The highest BCUT2D eigenvalue weighted by Gasteiger charge is 2.14. The van der Waals surface area contributed by atoms with Crippen molar-refractivity contribution >= 4 is 0 Å². The smallest absolute Gasteiger partial charge is 0.180 e. The lowest BCUT2D eigenvalue weighted by Gasteiger charge is -2.07. The van der Waals surface area contributed by atoms with Gasteiger partial charge in [0.05, 0.1) is 6.26 Å². The first-order valence-corrected chi connectivity index (χ1v) is 3.70. The largest absolute Gasteiger partial charge is 0.486 e. The fourth-order valence-corrected chi connectivity index (χ4v) is 1.14. The number of hydrogen-bond donors (Lipinski definition) is 0. The lowest BCUT2D eigenvalue weighted by molar-refractivity contribution is 0.303. The summed E-state index contributed by atoms with van der Waals surface area (Å²) in [5, 5.41) is 0. The summed E-state index contributed by atoms with van der Waals surface area (Å²) in [6.07, 6.45) is 5.72. The maximum atomic E-state index is 5.28. The van der Waals surface area contributed by atoms with Gasteiger partial charge in [-0.3, -0.25) is 0 Å². The number of hydrogen-bond acceptors (Lipinski definition) is 1. The fraction of sp³-hybridized carbons (Fsp3) is 0.100. The van der Waals surface area contributed by atoms with Crippen molar-refractivity contribution in [2.45, 2.75) is 6.42 Å². The van der Waals surface area contributed by atoms with Crippen molar-refractivity contribution in [3.05, 3.63) is 54.3 Å². The Morgan fingerprint density at radius 3 is 2.55 bits per heavy atom. The summed E-state index contributed by atoms with van der Waals surface area (Å²) in [5.74, 6) is 0. The number of ether oxygens (including phenoxy) is 1. The Morgan fingerprint density at radius 2 is 1.91 bits per heavy atom. The normalized spacial score (nSPS) is 16.7. The minimum absolute atomic E-state index is 0.921. The van der Waals surface area contributed by atoms with E-state index < -0.39 is 0 Å². The van der Waals surface area contributed by atoms with Crippen LogP contribution in [0.25, 0.3) is 0 Å². The minimum Gasteiger partial charge on any atom is -0.486 e. The zero-order valence-electron chi connectivity index (χ0n) is 6.16. The van der Waals surface area contributed by atoms with E-state index in [1.54, 1.807) is 6.26 Å². The zero-order chi connectivity index (χ0) is 7.52. The topological polar surface area (TPSA) is 9.23 Å². The summed E-state index contributed by atoms with van der Waals surface area (Å²) >= 11 is 0. The first-order chi connectivity index (χ1) is 5.47. The van der Waals surface area contributed by atoms with Crippen LogP contribution in [0.3, 0.4) is 0 Å². The van der Waals surface area contributed by atoms with Crippen LogP contribution in [0.15, 0.2) is 42.7 Å². The number of benzene rings is 1. The van der Waals surface area contributed by atoms with E-state index in [-0.39, 0.29) is 0 Å². The van der Waals surface area contributed by atoms with Crippen LogP contribution in [0.4, 0.5) is 0 Å². The molecule has 0 amide bonds. The molecular weight excluding hydrogens is 136 g/mol. The van der Waals surface area contributed by atoms with Gasteiger partial charge in [-0.05, 0) is 6.08 Å². The van der Waals surface area contributed by atoms with E-state index in [1.165, 1.54) is 5.56 Å². The Labute approximate surface area is 66.3 Å². The molecule has 1 aromatic carbocycles. The van der Waals surface area contributed by atoms with Crippen LogP contribution in [0.1, 0.15) is 12.0 Å². The lowest BCUT2D eigenvalue weighted by Crippen LogP contribution is -1.94. The molecule has 1 nitrogen and oxygen atoms in total. The molecule has 0 bridgehead atoms. The first kappa shape index (κ1) is 6.47. The van der Waals surface area contributed by atoms with Gasteiger partial charge in [0.25, 0.3) is 0 Å². The van der Waals surface area contributed by atoms with E-state index >= 15 is 0 Å². The van der Waals surface area contributed by atoms with Gasteiger partial charge >= 0.3 is 0 Å². The van der Waals surface area contributed by atoms with Crippen molar-refractivity contribution in [3.8, 4) is 0 Å². The Kier molecular flexibility index (Phi) is 1.64. The van der Waals surface area contributed by atoms with E-state index in [1.807, 2.05) is 24.3 Å². The monoisotopic (exact) mass is 145 g/mol. The first-order valence-electron chi connectivity index (χ1n) is 3.70. The van der Waals surface area contributed by atoms with Gasteiger partial charge in [0, 0.05) is 12.0 Å². The summed E-state index contributed by atoms with van der Waals surface area (Å²) in [6, 6.07) is 10.2. The second kappa shape index (κ2) is 2.79. The van der Waals surface area contributed by atoms with Crippen molar-refractivity contribution in [1.82, 2.24) is 0 Å². The van der Waals surface area contributed by atoms with Crippen molar-refractivity contribution < 1.29 is 4.74 Å². The molecule has 1 heteroatoms. The second-order valence-corrected chi connectivity index (χ2v) is 2.48. The van der Waals surface area contributed by atoms with E-state index in [0.29, 0.717) is 0 Å². The molecule has 1 aromatic rings. The van der Waals surface area contributed by atoms with Crippen molar-refractivity contribution in [2.24, 2.45) is 0 Å². The Morgan fingerprint density at radius 1 is 1.09 bits per heavy atom. The third-order valence-corrected chi connectivity index (χ3v) is 1.71. The molecule has 55 valence electrons. The molecule has 0 saturated carbocycles. The van der Waals surface area contributed by atoms with Crippen LogP contribution in [0.2, 0.25) is 0 Å². The Hall–Kier alpha value is -1.24. The van der Waals surface area contributed by atoms with Gasteiger partial charge in [-0.25, -0.2) is 0 Å². The highest BCUT2D eigenvalue weighted by molar-refractivity contribution is 5.29. The molecular formula is C10H9O. The van der Waals surface area contributed by atoms with Gasteiger partial charge in [-0.15, -0.1) is 0 Å². The maximum absolute atomic E-state index is 5.28. The van der Waals surface area contributed by atoms with E-state index in [9.17, 15) is 0 Å². The molecule has 0 atom stereocenters. The summed E-state index contributed by atoms with van der Waals surface area (Å²) in [7, 11) is 0. The molecule has 1 aliphatic heterocycles. The molecule has 0 aromatic heterocycles. The van der Waals surface area contributed by atoms with Crippen LogP contribution < -0.4 is 0 Å². The average molecular weight is 145 g/mol. The van der Waals surface area contributed by atoms with Crippen LogP contribution >= 0.6 is 0 Å². The van der Waals surface area contributed by atoms with Gasteiger partial charge in [-0.1, -0.05) is 30.3 Å². The molecule has 1 radical (unpaired) electrons. The van der Waals surface area contributed by atoms with Gasteiger partial charge in [0.15, 0.2) is 6.10 Å². The van der Waals surface area contributed by atoms with Crippen LogP contribution in [-0.4, -0.2) is 0 Å². The van der Waals surface area contributed by atoms with Crippen LogP contribution in [0, 0.1) is 6.10 Å². The molecule has 1 aliphatic rings. The molecule has 0 saturated heterocycles. The van der Waals surface area contributed by atoms with E-state index in [0.717, 1.165) is 12.5 Å². The minimum atomic E-state index is 0.921. The van der Waals surface area contributed by atoms with Crippen molar-refractivity contribution in [3.63, 3.8) is 0 Å². The molecule has 0 fully saturated rings. The third-order valence-electron chi connectivity index (χ3n) is 1.71. The molecule has 0 aliphatic carbocycles. The molecule has 0 spiro atoms. The Bertz CT molecular complexity index is 243. The highest BCUT2D eigenvalue weighted by atomic mass is 16.5. The second-order valence-electron chi connectivity index (χ2n) is 2.48. The fourth-order valence-electron chi connectivity index (χ4n) is 1.14. The summed E-state index contributed by atoms with van der Waals surface area (Å²) in [4.78, 5) is 0. The molecule has 0 N–H and O–H groups in total. The summed E-state index contributed by atoms with van der Waals surface area (Å²) in [6.45, 7) is 0. The SMILES string of the molecule is C1=CO[C](c2ccccc2)C1. The van der Waals surface area contributed by atoms with Gasteiger partial charge in [0.2, 0.25) is 0 Å². The van der Waals surface area contributed by atoms with Gasteiger partial charge < -0.3 is 4.74 Å². The predicted molar refractivity (Wildman–Crippen MR) is 43.6 cm³/mol. The van der Waals surface area contributed by atoms with Crippen LogP contribution in [0.5, 0.6) is 0 Å². The standard InChI is InChI=1S/C10H9O/c1-2-5-9(6-3-1)10-7-4-8-11-10/h1-6,8H,7H2. The van der Waals surface area contributed by atoms with Gasteiger partial charge in [-0.2, -0.15) is 0 Å².